The van der Waals surface area contributed by atoms with Gasteiger partial charge in [0.1, 0.15) is 5.92 Å². The van der Waals surface area contributed by atoms with Gasteiger partial charge in [0, 0.05) is 18.1 Å². The van der Waals surface area contributed by atoms with Crippen LogP contribution in [0.4, 0.5) is 5.13 Å². The number of sulfone groups is 1. The van der Waals surface area contributed by atoms with Gasteiger partial charge in [-0.05, 0) is 56.2 Å². The van der Waals surface area contributed by atoms with E-state index in [1.165, 1.54) is 12.1 Å². The molecule has 11 nitrogen and oxygen atoms in total. The van der Waals surface area contributed by atoms with Crippen molar-refractivity contribution in [1.82, 2.24) is 4.98 Å². The third-order valence-electron chi connectivity index (χ3n) is 7.10. The number of ether oxygens (including phenoxy) is 2. The summed E-state index contributed by atoms with van der Waals surface area (Å²) < 4.78 is 36.7. The summed E-state index contributed by atoms with van der Waals surface area (Å²) in [6.07, 6.45) is 1.25. The summed E-state index contributed by atoms with van der Waals surface area (Å²) in [5.74, 6) is -4.69. The van der Waals surface area contributed by atoms with Crippen molar-refractivity contribution >= 4 is 44.2 Å². The molecule has 2 aliphatic carbocycles. The van der Waals surface area contributed by atoms with Crippen molar-refractivity contribution in [2.45, 2.75) is 66.8 Å². The number of aliphatic carboxylic acids is 2. The molecule has 2 heterocycles. The monoisotopic (exact) mass is 564 g/mol. The van der Waals surface area contributed by atoms with Gasteiger partial charge in [-0.25, -0.2) is 13.4 Å². The number of amides is 1. The van der Waals surface area contributed by atoms with Crippen LogP contribution in [0.25, 0.3) is 0 Å². The first-order valence-corrected chi connectivity index (χ1v) is 14.8. The summed E-state index contributed by atoms with van der Waals surface area (Å²) in [7, 11) is -3.39. The Hall–Kier alpha value is -2.87. The number of anilines is 1. The van der Waals surface area contributed by atoms with Gasteiger partial charge in [0.2, 0.25) is 0 Å². The number of aromatic nitrogens is 1. The quantitative estimate of drug-likeness (QED) is 0.412. The molecule has 204 valence electrons. The number of rotatable bonds is 9. The first kappa shape index (κ1) is 26.7. The van der Waals surface area contributed by atoms with Crippen LogP contribution in [0, 0.1) is 5.92 Å². The van der Waals surface area contributed by atoms with Crippen LogP contribution in [0.5, 0.6) is 0 Å². The predicted octanol–water partition coefficient (Wildman–Crippen LogP) is 2.77. The normalized spacial score (nSPS) is 22.8. The summed E-state index contributed by atoms with van der Waals surface area (Å²) in [6, 6.07) is 6.12. The van der Waals surface area contributed by atoms with Gasteiger partial charge in [0.25, 0.3) is 5.91 Å². The number of carboxylic acids is 2. The van der Waals surface area contributed by atoms with E-state index in [0.29, 0.717) is 49.3 Å². The van der Waals surface area contributed by atoms with Gasteiger partial charge in [-0.2, -0.15) is 0 Å². The molecule has 1 aromatic carbocycles. The minimum atomic E-state index is -3.39. The van der Waals surface area contributed by atoms with Crippen LogP contribution in [-0.4, -0.2) is 66.0 Å². The summed E-state index contributed by atoms with van der Waals surface area (Å²) in [5, 5.41) is 21.6. The lowest BCUT2D eigenvalue weighted by atomic mass is 9.83. The number of nitrogens with one attached hydrogen (secondary N) is 1. The van der Waals surface area contributed by atoms with Crippen molar-refractivity contribution in [3.05, 3.63) is 40.4 Å². The zero-order valence-electron chi connectivity index (χ0n) is 20.4. The lowest BCUT2D eigenvalue weighted by Crippen LogP contribution is -2.31. The highest BCUT2D eigenvalue weighted by Crippen LogP contribution is 2.40. The maximum atomic E-state index is 13.5. The molecule has 0 bridgehead atoms. The zero-order chi connectivity index (χ0) is 27.0. The molecule has 13 heteroatoms. The van der Waals surface area contributed by atoms with Gasteiger partial charge in [0.15, 0.2) is 21.1 Å². The van der Waals surface area contributed by atoms with Crippen molar-refractivity contribution in [3.8, 4) is 0 Å². The van der Waals surface area contributed by atoms with Gasteiger partial charge in [-0.1, -0.05) is 12.1 Å². The van der Waals surface area contributed by atoms with E-state index in [1.54, 1.807) is 12.1 Å². The van der Waals surface area contributed by atoms with Crippen LogP contribution in [0.3, 0.4) is 0 Å². The molecule has 3 atom stereocenters. The molecule has 38 heavy (non-hydrogen) atoms. The van der Waals surface area contributed by atoms with E-state index in [-0.39, 0.29) is 39.9 Å². The van der Waals surface area contributed by atoms with E-state index in [0.717, 1.165) is 11.3 Å². The van der Waals surface area contributed by atoms with E-state index in [4.69, 9.17) is 9.47 Å². The number of carbonyl (C=O) groups excluding carboxylic acids is 1. The number of benzene rings is 1. The predicted molar refractivity (Wildman–Crippen MR) is 135 cm³/mol. The average Bonchev–Trinajstić information content (AvgIpc) is 3.68. The Labute approximate surface area is 223 Å². The van der Waals surface area contributed by atoms with Crippen molar-refractivity contribution < 1.29 is 42.5 Å². The first-order chi connectivity index (χ1) is 18.1. The number of carboxylic acid groups (broad SMARTS) is 2. The molecule has 3 N–H and O–H groups in total. The lowest BCUT2D eigenvalue weighted by Gasteiger charge is -2.27. The molecule has 1 amide bonds. The van der Waals surface area contributed by atoms with E-state index in [2.05, 4.69) is 10.3 Å². The molecule has 3 unspecified atom stereocenters. The molecule has 0 spiro atoms. The topological polar surface area (TPSA) is 169 Å². The number of fused-ring (bicyclic) bond motifs is 1. The lowest BCUT2D eigenvalue weighted by molar-refractivity contribution is -0.144. The molecule has 1 aromatic heterocycles. The Balaban J connectivity index is 1.39. The standard InChI is InChI=1S/C25H28N2O9S2/c28-22(27-25-26-20-18(24(31)32)11-14(23(29)30)12-19(20)37-25)21(36-15-7-9-35-10-8-15)13-1-3-16(4-2-13)38(33,34)17-5-6-17/h1-4,14-15,17-18,21H,5-12H2,(H,29,30)(H,31,32)(H,26,27,28). The Morgan fingerprint density at radius 1 is 1.05 bits per heavy atom. The molecule has 2 fully saturated rings. The number of nitrogens with zero attached hydrogens (tertiary/aromatic N) is 1. The third-order valence-corrected chi connectivity index (χ3v) is 10.4. The second-order valence-corrected chi connectivity index (χ2v) is 13.1. The van der Waals surface area contributed by atoms with Crippen LogP contribution < -0.4 is 5.32 Å². The van der Waals surface area contributed by atoms with E-state index < -0.39 is 45.6 Å². The van der Waals surface area contributed by atoms with Crippen LogP contribution in [0.2, 0.25) is 0 Å². The Kier molecular flexibility index (Phi) is 7.54. The Bertz CT molecular complexity index is 1330. The summed E-state index contributed by atoms with van der Waals surface area (Å²) >= 11 is 1.06. The molecular formula is C25H28N2O9S2. The highest BCUT2D eigenvalue weighted by atomic mass is 32.2. The fourth-order valence-corrected chi connectivity index (χ4v) is 7.58. The molecule has 1 aliphatic heterocycles. The number of hydrogen-bond acceptors (Lipinski definition) is 9. The molecule has 1 saturated heterocycles. The second kappa shape index (κ2) is 10.7. The molecule has 3 aliphatic rings. The fourth-order valence-electron chi connectivity index (χ4n) is 4.81. The van der Waals surface area contributed by atoms with Crippen LogP contribution in [0.15, 0.2) is 29.2 Å². The largest absolute Gasteiger partial charge is 0.481 e. The van der Waals surface area contributed by atoms with E-state index in [9.17, 15) is 33.0 Å². The van der Waals surface area contributed by atoms with Gasteiger partial charge >= 0.3 is 11.9 Å². The number of thiazole rings is 1. The van der Waals surface area contributed by atoms with Gasteiger partial charge < -0.3 is 19.7 Å². The maximum absolute atomic E-state index is 13.5. The smallest absolute Gasteiger partial charge is 0.312 e. The molecular weight excluding hydrogens is 536 g/mol. The molecule has 1 saturated carbocycles. The minimum Gasteiger partial charge on any atom is -0.481 e. The Morgan fingerprint density at radius 3 is 2.34 bits per heavy atom. The van der Waals surface area contributed by atoms with Crippen LogP contribution in [0.1, 0.15) is 60.3 Å². The first-order valence-electron chi connectivity index (χ1n) is 12.5. The average molecular weight is 565 g/mol. The highest BCUT2D eigenvalue weighted by molar-refractivity contribution is 7.92. The SMILES string of the molecule is O=C(O)C1Cc2sc(NC(=O)C(OC3CCOCC3)c3ccc(S(=O)(=O)C4CC4)cc3)nc2C(C(=O)O)C1. The Morgan fingerprint density at radius 2 is 1.74 bits per heavy atom. The summed E-state index contributed by atoms with van der Waals surface area (Å²) in [4.78, 5) is 41.8. The molecule has 0 radical (unpaired) electrons. The maximum Gasteiger partial charge on any atom is 0.312 e. The number of carbonyl (C=O) groups is 3. The number of hydrogen-bond donors (Lipinski definition) is 3. The van der Waals surface area contributed by atoms with Gasteiger partial charge in [0.05, 0.1) is 27.9 Å². The van der Waals surface area contributed by atoms with Gasteiger partial charge in [-0.15, -0.1) is 11.3 Å². The van der Waals surface area contributed by atoms with Crippen molar-refractivity contribution in [2.75, 3.05) is 18.5 Å². The zero-order valence-corrected chi connectivity index (χ0v) is 22.0. The van der Waals surface area contributed by atoms with Crippen LogP contribution in [-0.2, 0) is 40.1 Å². The van der Waals surface area contributed by atoms with Crippen molar-refractivity contribution in [2.24, 2.45) is 5.92 Å². The highest BCUT2D eigenvalue weighted by Gasteiger charge is 2.39. The molecule has 5 rings (SSSR count). The third kappa shape index (κ3) is 5.60. The van der Waals surface area contributed by atoms with Crippen LogP contribution >= 0.6 is 11.3 Å². The second-order valence-electron chi connectivity index (χ2n) is 9.82. The fraction of sp³-hybridized carbons (Fsp3) is 0.520. The van der Waals surface area contributed by atoms with Gasteiger partial charge in [-0.3, -0.25) is 19.7 Å². The van der Waals surface area contributed by atoms with E-state index >= 15 is 0 Å². The summed E-state index contributed by atoms with van der Waals surface area (Å²) in [5.41, 5.74) is 0.742. The van der Waals surface area contributed by atoms with Crippen molar-refractivity contribution in [1.29, 1.82) is 0 Å². The minimum absolute atomic E-state index is 0.0691. The molecule has 2 aromatic rings. The van der Waals surface area contributed by atoms with E-state index in [1.807, 2.05) is 0 Å². The summed E-state index contributed by atoms with van der Waals surface area (Å²) in [6.45, 7) is 0.996. The van der Waals surface area contributed by atoms with Crippen molar-refractivity contribution in [3.63, 3.8) is 0 Å².